The monoisotopic (exact) mass is 227 g/mol. The Hall–Kier alpha value is -1.59. The molecule has 1 aliphatic rings. The van der Waals surface area contributed by atoms with Crippen LogP contribution in [0, 0.1) is 0 Å². The molecule has 90 valence electrons. The molecule has 0 aliphatic carbocycles. The lowest BCUT2D eigenvalue weighted by molar-refractivity contribution is -0.147. The number of likely N-dealkylation sites (N-methyl/N-ethyl adjacent to an activating group) is 1. The fraction of sp³-hybridized carbons (Fsp3) is 0.700. The van der Waals surface area contributed by atoms with Crippen LogP contribution >= 0.6 is 0 Å². The van der Waals surface area contributed by atoms with E-state index in [1.54, 1.807) is 7.05 Å². The Labute approximate surface area is 94.6 Å². The second kappa shape index (κ2) is 4.96. The number of amides is 4. The van der Waals surface area contributed by atoms with Crippen LogP contribution in [0.3, 0.4) is 0 Å². The maximum Gasteiger partial charge on any atom is 0.317 e. The fourth-order valence-corrected chi connectivity index (χ4v) is 1.45. The van der Waals surface area contributed by atoms with Gasteiger partial charge >= 0.3 is 6.03 Å². The van der Waals surface area contributed by atoms with Gasteiger partial charge in [0.1, 0.15) is 6.04 Å². The second-order valence-electron chi connectivity index (χ2n) is 3.85. The van der Waals surface area contributed by atoms with E-state index in [0.29, 0.717) is 19.4 Å². The first-order chi connectivity index (χ1) is 7.47. The quantitative estimate of drug-likeness (QED) is 0.664. The Balaban J connectivity index is 2.59. The summed E-state index contributed by atoms with van der Waals surface area (Å²) in [4.78, 5) is 36.9. The summed E-state index contributed by atoms with van der Waals surface area (Å²) >= 11 is 0. The number of piperidine rings is 1. The van der Waals surface area contributed by atoms with Crippen LogP contribution in [0.5, 0.6) is 0 Å². The molecule has 6 heteroatoms. The van der Waals surface area contributed by atoms with Crippen molar-refractivity contribution < 1.29 is 14.4 Å². The predicted molar refractivity (Wildman–Crippen MR) is 57.6 cm³/mol. The highest BCUT2D eigenvalue weighted by Crippen LogP contribution is 2.11. The van der Waals surface area contributed by atoms with E-state index in [0.717, 1.165) is 4.90 Å². The smallest absolute Gasteiger partial charge is 0.317 e. The molecule has 1 atom stereocenters. The van der Waals surface area contributed by atoms with Crippen LogP contribution in [0.15, 0.2) is 0 Å². The summed E-state index contributed by atoms with van der Waals surface area (Å²) in [5.41, 5.74) is 0. The van der Waals surface area contributed by atoms with Crippen LogP contribution in [-0.4, -0.2) is 54.3 Å². The molecule has 0 radical (unpaired) electrons. The van der Waals surface area contributed by atoms with E-state index in [9.17, 15) is 14.4 Å². The van der Waals surface area contributed by atoms with Crippen LogP contribution in [-0.2, 0) is 9.59 Å². The lowest BCUT2D eigenvalue weighted by atomic mass is 10.1. The van der Waals surface area contributed by atoms with E-state index >= 15 is 0 Å². The number of imide groups is 1. The van der Waals surface area contributed by atoms with Gasteiger partial charge in [0.05, 0.1) is 0 Å². The van der Waals surface area contributed by atoms with Crippen LogP contribution in [0.4, 0.5) is 4.79 Å². The van der Waals surface area contributed by atoms with E-state index in [2.05, 4.69) is 5.32 Å². The average Bonchev–Trinajstić information content (AvgIpc) is 2.28. The third kappa shape index (κ3) is 2.50. The van der Waals surface area contributed by atoms with E-state index in [4.69, 9.17) is 0 Å². The van der Waals surface area contributed by atoms with Gasteiger partial charge in [-0.25, -0.2) is 4.79 Å². The first-order valence-electron chi connectivity index (χ1n) is 5.29. The topological polar surface area (TPSA) is 69.7 Å². The summed E-state index contributed by atoms with van der Waals surface area (Å²) in [6.07, 6.45) is 0.675. The molecule has 0 spiro atoms. The summed E-state index contributed by atoms with van der Waals surface area (Å²) in [7, 11) is 3.09. The molecule has 0 aromatic rings. The molecule has 1 heterocycles. The Morgan fingerprint density at radius 2 is 2.19 bits per heavy atom. The van der Waals surface area contributed by atoms with Crippen molar-refractivity contribution in [2.24, 2.45) is 0 Å². The van der Waals surface area contributed by atoms with E-state index in [-0.39, 0.29) is 17.8 Å². The van der Waals surface area contributed by atoms with Crippen molar-refractivity contribution in [1.82, 2.24) is 15.1 Å². The number of likely N-dealkylation sites (tertiary alicyclic amines) is 1. The summed E-state index contributed by atoms with van der Waals surface area (Å²) in [6.45, 7) is 2.42. The normalized spacial score (nSPS) is 20.9. The number of carbonyl (C=O) groups is 3. The lowest BCUT2D eigenvalue weighted by Gasteiger charge is -2.29. The number of urea groups is 1. The van der Waals surface area contributed by atoms with Crippen molar-refractivity contribution in [2.45, 2.75) is 25.8 Å². The molecule has 1 N–H and O–H groups in total. The zero-order valence-corrected chi connectivity index (χ0v) is 9.82. The summed E-state index contributed by atoms with van der Waals surface area (Å²) in [5, 5.41) is 2.61. The third-order valence-electron chi connectivity index (χ3n) is 2.77. The largest absolute Gasteiger partial charge is 0.328 e. The molecular weight excluding hydrogens is 210 g/mol. The van der Waals surface area contributed by atoms with Crippen LogP contribution < -0.4 is 5.32 Å². The highest BCUT2D eigenvalue weighted by molar-refractivity contribution is 6.01. The molecule has 1 aliphatic heterocycles. The van der Waals surface area contributed by atoms with E-state index < -0.39 is 6.04 Å². The Kier molecular flexibility index (Phi) is 3.87. The molecule has 6 nitrogen and oxygen atoms in total. The van der Waals surface area contributed by atoms with Crippen molar-refractivity contribution in [3.05, 3.63) is 0 Å². The minimum Gasteiger partial charge on any atom is -0.328 e. The number of nitrogens with one attached hydrogen (secondary N) is 1. The van der Waals surface area contributed by atoms with Gasteiger partial charge in [-0.1, -0.05) is 0 Å². The molecule has 16 heavy (non-hydrogen) atoms. The maximum atomic E-state index is 11.7. The molecule has 1 fully saturated rings. The number of rotatable bonds is 2. The summed E-state index contributed by atoms with van der Waals surface area (Å²) in [5.74, 6) is -0.534. The highest BCUT2D eigenvalue weighted by Gasteiger charge is 2.32. The maximum absolute atomic E-state index is 11.7. The molecule has 0 aromatic carbocycles. The van der Waals surface area contributed by atoms with Gasteiger partial charge in [0, 0.05) is 27.1 Å². The van der Waals surface area contributed by atoms with Crippen LogP contribution in [0.1, 0.15) is 19.8 Å². The van der Waals surface area contributed by atoms with Gasteiger partial charge in [0.25, 0.3) is 5.91 Å². The Bertz CT molecular complexity index is 316. The van der Waals surface area contributed by atoms with E-state index in [1.807, 2.05) is 6.92 Å². The first-order valence-corrected chi connectivity index (χ1v) is 5.29. The standard InChI is InChI=1S/C10H17N3O3/c1-4-12(2)10(16)11-7-5-6-8(14)13(3)9(7)15/h7H,4-6H2,1-3H3,(H,11,16). The first kappa shape index (κ1) is 12.5. The molecule has 0 aromatic heterocycles. The molecule has 0 bridgehead atoms. The second-order valence-corrected chi connectivity index (χ2v) is 3.85. The van der Waals surface area contributed by atoms with Crippen molar-refractivity contribution in [3.63, 3.8) is 0 Å². The minimum atomic E-state index is -0.579. The zero-order chi connectivity index (χ0) is 12.3. The van der Waals surface area contributed by atoms with Gasteiger partial charge in [0.2, 0.25) is 5.91 Å². The molecule has 0 saturated carbocycles. The van der Waals surface area contributed by atoms with Gasteiger partial charge in [-0.2, -0.15) is 0 Å². The average molecular weight is 227 g/mol. The van der Waals surface area contributed by atoms with Crippen LogP contribution in [0.25, 0.3) is 0 Å². The SMILES string of the molecule is CCN(C)C(=O)NC1CCC(=O)N(C)C1=O. The van der Waals surface area contributed by atoms with E-state index in [1.165, 1.54) is 11.9 Å². The number of carbonyl (C=O) groups excluding carboxylic acids is 3. The van der Waals surface area contributed by atoms with Gasteiger partial charge < -0.3 is 10.2 Å². The Morgan fingerprint density at radius 3 is 2.75 bits per heavy atom. The van der Waals surface area contributed by atoms with Crippen molar-refractivity contribution >= 4 is 17.8 Å². The molecule has 1 rings (SSSR count). The van der Waals surface area contributed by atoms with Gasteiger partial charge in [-0.15, -0.1) is 0 Å². The van der Waals surface area contributed by atoms with Crippen LogP contribution in [0.2, 0.25) is 0 Å². The predicted octanol–water partition coefficient (Wildman–Crippen LogP) is -0.205. The Morgan fingerprint density at radius 1 is 1.56 bits per heavy atom. The molecule has 4 amide bonds. The molecule has 1 unspecified atom stereocenters. The highest BCUT2D eigenvalue weighted by atomic mass is 16.2. The third-order valence-corrected chi connectivity index (χ3v) is 2.77. The minimum absolute atomic E-state index is 0.195. The fourth-order valence-electron chi connectivity index (χ4n) is 1.45. The van der Waals surface area contributed by atoms with Crippen molar-refractivity contribution in [3.8, 4) is 0 Å². The van der Waals surface area contributed by atoms with Gasteiger partial charge in [0.15, 0.2) is 0 Å². The zero-order valence-electron chi connectivity index (χ0n) is 9.82. The van der Waals surface area contributed by atoms with Gasteiger partial charge in [-0.3, -0.25) is 14.5 Å². The molecule has 1 saturated heterocycles. The lowest BCUT2D eigenvalue weighted by Crippen LogP contribution is -2.55. The van der Waals surface area contributed by atoms with Crippen molar-refractivity contribution in [1.29, 1.82) is 0 Å². The summed E-state index contributed by atoms with van der Waals surface area (Å²) < 4.78 is 0. The number of nitrogens with zero attached hydrogens (tertiary/aromatic N) is 2. The van der Waals surface area contributed by atoms with Gasteiger partial charge in [-0.05, 0) is 13.3 Å². The molecular formula is C10H17N3O3. The number of hydrogen-bond acceptors (Lipinski definition) is 3. The van der Waals surface area contributed by atoms with Crippen molar-refractivity contribution in [2.75, 3.05) is 20.6 Å². The number of hydrogen-bond donors (Lipinski definition) is 1. The summed E-state index contributed by atoms with van der Waals surface area (Å²) in [6, 6.07) is -0.868.